The van der Waals surface area contributed by atoms with Gasteiger partial charge in [0.25, 0.3) is 0 Å². The number of hydrogen-bond donors (Lipinski definition) is 6. The first kappa shape index (κ1) is 63.3. The fraction of sp³-hybridized carbons (Fsp3) is 0.833. The zero-order valence-electron chi connectivity index (χ0n) is 42.2. The Labute approximate surface area is 407 Å². The van der Waals surface area contributed by atoms with Crippen LogP contribution >= 0.6 is 7.82 Å². The molecule has 0 aromatic rings. The van der Waals surface area contributed by atoms with Crippen molar-refractivity contribution in [1.82, 2.24) is 0 Å². The summed E-state index contributed by atoms with van der Waals surface area (Å²) >= 11 is 0. The zero-order valence-corrected chi connectivity index (χ0v) is 43.1. The van der Waals surface area contributed by atoms with Gasteiger partial charge in [0.1, 0.15) is 42.7 Å². The average Bonchev–Trinajstić information content (AvgIpc) is 3.31. The molecule has 1 fully saturated rings. The summed E-state index contributed by atoms with van der Waals surface area (Å²) in [4.78, 5) is 23.3. The van der Waals surface area contributed by atoms with Gasteiger partial charge in [-0.3, -0.25) is 13.8 Å². The number of carbonyl (C=O) groups excluding carboxylic acids is 1. The highest BCUT2D eigenvalue weighted by Crippen LogP contribution is 2.47. The van der Waals surface area contributed by atoms with E-state index in [1.54, 1.807) is 0 Å². The molecule has 0 bridgehead atoms. The van der Waals surface area contributed by atoms with Crippen molar-refractivity contribution >= 4 is 13.8 Å². The number of esters is 1. The maximum atomic E-state index is 12.9. The fourth-order valence-electron chi connectivity index (χ4n) is 8.23. The lowest BCUT2D eigenvalue weighted by atomic mass is 9.85. The van der Waals surface area contributed by atoms with Gasteiger partial charge >= 0.3 is 13.8 Å². The van der Waals surface area contributed by atoms with E-state index in [2.05, 4.69) is 62.5 Å². The van der Waals surface area contributed by atoms with E-state index in [0.29, 0.717) is 13.0 Å². The predicted octanol–water partition coefficient (Wildman–Crippen LogP) is 12.4. The largest absolute Gasteiger partial charge is 0.472 e. The topological polar surface area (TPSA) is 192 Å². The first-order valence-corrected chi connectivity index (χ1v) is 28.5. The second-order valence-corrected chi connectivity index (χ2v) is 20.1. The van der Waals surface area contributed by atoms with Gasteiger partial charge in [0.2, 0.25) is 0 Å². The lowest BCUT2D eigenvalue weighted by Crippen LogP contribution is -2.64. The smallest absolute Gasteiger partial charge is 0.457 e. The third-order valence-corrected chi connectivity index (χ3v) is 13.5. The van der Waals surface area contributed by atoms with Gasteiger partial charge in [-0.25, -0.2) is 4.57 Å². The Balaban J connectivity index is 2.32. The predicted molar refractivity (Wildman–Crippen MR) is 272 cm³/mol. The van der Waals surface area contributed by atoms with Gasteiger partial charge in [-0.15, -0.1) is 0 Å². The number of phosphoric ester groups is 1. The molecule has 392 valence electrons. The Kier molecular flexibility index (Phi) is 41.8. The Hall–Kier alpha value is -1.70. The molecule has 1 saturated carbocycles. The second kappa shape index (κ2) is 44.3. The summed E-state index contributed by atoms with van der Waals surface area (Å²) in [7, 11) is -5.03. The molecule has 0 amide bonds. The number of carbonyl (C=O) groups is 1. The number of ether oxygens (including phenoxy) is 2. The van der Waals surface area contributed by atoms with Crippen LogP contribution in [-0.4, -0.2) is 98.9 Å². The van der Waals surface area contributed by atoms with Crippen molar-refractivity contribution in [3.8, 4) is 0 Å². The van der Waals surface area contributed by atoms with Crippen LogP contribution in [-0.2, 0) is 27.9 Å². The summed E-state index contributed by atoms with van der Waals surface area (Å²) in [6.07, 6.45) is 43.2. The van der Waals surface area contributed by atoms with Gasteiger partial charge in [0, 0.05) is 13.0 Å². The highest BCUT2D eigenvalue weighted by atomic mass is 31.2. The quantitative estimate of drug-likeness (QED) is 0.0147. The third-order valence-electron chi connectivity index (χ3n) is 12.5. The van der Waals surface area contributed by atoms with Crippen molar-refractivity contribution in [1.29, 1.82) is 0 Å². The van der Waals surface area contributed by atoms with Gasteiger partial charge in [0.05, 0.1) is 13.2 Å². The van der Waals surface area contributed by atoms with Crippen molar-refractivity contribution in [2.24, 2.45) is 0 Å². The summed E-state index contributed by atoms with van der Waals surface area (Å²) in [6.45, 7) is 4.14. The SMILES string of the molecule is CC/C=C\C/C=C\C/C=C\C/C=C\CCCCCCCOCC(COP(=O)(O)OC1C(O)C(O)C(O)C(O)C1O)OC(=O)CCCCCCCCCCCCCCCCCCCCCCCC. The Morgan fingerprint density at radius 1 is 0.493 bits per heavy atom. The van der Waals surface area contributed by atoms with Gasteiger partial charge in [0.15, 0.2) is 0 Å². The highest BCUT2D eigenvalue weighted by molar-refractivity contribution is 7.47. The summed E-state index contributed by atoms with van der Waals surface area (Å²) in [5, 5.41) is 50.3. The number of phosphoric acid groups is 1. The maximum absolute atomic E-state index is 12.9. The lowest BCUT2D eigenvalue weighted by Gasteiger charge is -2.41. The van der Waals surface area contributed by atoms with E-state index in [9.17, 15) is 39.8 Å². The Bertz CT molecular complexity index is 1290. The molecule has 0 heterocycles. The molecule has 13 heteroatoms. The van der Waals surface area contributed by atoms with Gasteiger partial charge in [-0.2, -0.15) is 0 Å². The molecule has 6 atom stereocenters. The molecule has 12 nitrogen and oxygen atoms in total. The van der Waals surface area contributed by atoms with Gasteiger partial charge in [-0.1, -0.05) is 217 Å². The zero-order chi connectivity index (χ0) is 49.1. The van der Waals surface area contributed by atoms with Crippen LogP contribution in [0.25, 0.3) is 0 Å². The van der Waals surface area contributed by atoms with E-state index < -0.39 is 63.1 Å². The van der Waals surface area contributed by atoms with E-state index in [0.717, 1.165) is 83.5 Å². The first-order valence-electron chi connectivity index (χ1n) is 27.0. The number of aliphatic hydroxyl groups excluding tert-OH is 5. The molecule has 0 radical (unpaired) electrons. The highest BCUT2D eigenvalue weighted by Gasteiger charge is 2.51. The molecule has 6 unspecified atom stereocenters. The van der Waals surface area contributed by atoms with Crippen LogP contribution in [0.5, 0.6) is 0 Å². The van der Waals surface area contributed by atoms with Crippen LogP contribution < -0.4 is 0 Å². The van der Waals surface area contributed by atoms with E-state index in [4.69, 9.17) is 18.5 Å². The molecule has 0 saturated heterocycles. The summed E-state index contributed by atoms with van der Waals surface area (Å²) in [5.41, 5.74) is 0. The Morgan fingerprint density at radius 2 is 0.881 bits per heavy atom. The second-order valence-electron chi connectivity index (χ2n) is 18.7. The number of unbranched alkanes of at least 4 members (excludes halogenated alkanes) is 26. The average molecular weight is 971 g/mol. The van der Waals surface area contributed by atoms with Crippen molar-refractivity contribution in [3.05, 3.63) is 48.6 Å². The summed E-state index contributed by atoms with van der Waals surface area (Å²) in [5.74, 6) is -0.481. The minimum Gasteiger partial charge on any atom is -0.457 e. The molecule has 1 rings (SSSR count). The maximum Gasteiger partial charge on any atom is 0.472 e. The molecular formula is C54H99O12P. The molecule has 0 aromatic heterocycles. The standard InChI is InChI=1S/C54H99O12P/c1-3-5-7-9-11-13-15-17-19-21-23-24-25-26-27-29-31-33-35-37-39-41-43-48(55)65-47(46-64-67(61,62)66-54-52(59)50(57)49(56)51(58)53(54)60)45-63-44-42-40-38-36-34-32-30-28-22-20-18-16-14-12-10-8-6-4-2/h6,8,12,14,18,20,28,30,47,49-54,56-60H,3-5,7,9-11,13,15-17,19,21-27,29,31-46H2,1-2H3,(H,61,62)/b8-6-,14-12-,20-18-,30-28-. The summed E-state index contributed by atoms with van der Waals surface area (Å²) in [6, 6.07) is 0. The van der Waals surface area contributed by atoms with Gasteiger partial charge < -0.3 is 39.9 Å². The van der Waals surface area contributed by atoms with E-state index in [1.807, 2.05) is 0 Å². The van der Waals surface area contributed by atoms with Crippen LogP contribution in [0.2, 0.25) is 0 Å². The first-order chi connectivity index (χ1) is 32.5. The van der Waals surface area contributed by atoms with Crippen LogP contribution in [0, 0.1) is 0 Å². The molecule has 1 aliphatic rings. The fourth-order valence-corrected chi connectivity index (χ4v) is 9.20. The van der Waals surface area contributed by atoms with Crippen molar-refractivity contribution in [2.45, 2.75) is 268 Å². The molecule has 1 aliphatic carbocycles. The molecule has 6 N–H and O–H groups in total. The van der Waals surface area contributed by atoms with Crippen molar-refractivity contribution in [2.75, 3.05) is 19.8 Å². The van der Waals surface area contributed by atoms with Crippen molar-refractivity contribution in [3.63, 3.8) is 0 Å². The number of aliphatic hydroxyl groups is 5. The van der Waals surface area contributed by atoms with E-state index >= 15 is 0 Å². The Morgan fingerprint density at radius 3 is 1.34 bits per heavy atom. The third kappa shape index (κ3) is 36.0. The van der Waals surface area contributed by atoms with Crippen LogP contribution in [0.4, 0.5) is 0 Å². The lowest BCUT2D eigenvalue weighted by molar-refractivity contribution is -0.220. The monoisotopic (exact) mass is 971 g/mol. The van der Waals surface area contributed by atoms with Crippen LogP contribution in [0.15, 0.2) is 48.6 Å². The molecule has 0 aromatic carbocycles. The molecule has 67 heavy (non-hydrogen) atoms. The minimum atomic E-state index is -5.03. The van der Waals surface area contributed by atoms with E-state index in [1.165, 1.54) is 116 Å². The van der Waals surface area contributed by atoms with Crippen LogP contribution in [0.3, 0.4) is 0 Å². The minimum absolute atomic E-state index is 0.0881. The van der Waals surface area contributed by atoms with Crippen molar-refractivity contribution < 1.29 is 58.3 Å². The molecule has 0 aliphatic heterocycles. The molecular weight excluding hydrogens is 872 g/mol. The number of allylic oxidation sites excluding steroid dienone is 8. The molecule has 0 spiro atoms. The summed E-state index contributed by atoms with van der Waals surface area (Å²) < 4.78 is 34.3. The number of rotatable bonds is 46. The normalized spacial score (nSPS) is 21.6. The van der Waals surface area contributed by atoms with Gasteiger partial charge in [-0.05, 0) is 51.4 Å². The van der Waals surface area contributed by atoms with Crippen LogP contribution in [0.1, 0.15) is 226 Å². The van der Waals surface area contributed by atoms with E-state index in [-0.39, 0.29) is 13.0 Å². The number of hydrogen-bond acceptors (Lipinski definition) is 11.